The van der Waals surface area contributed by atoms with Gasteiger partial charge in [0.2, 0.25) is 0 Å². The van der Waals surface area contributed by atoms with Gasteiger partial charge in [0.1, 0.15) is 0 Å². The van der Waals surface area contributed by atoms with E-state index in [2.05, 4.69) is 9.78 Å². The van der Waals surface area contributed by atoms with Gasteiger partial charge in [-0.25, -0.2) is 9.78 Å². The van der Waals surface area contributed by atoms with E-state index in [1.165, 1.54) is 0 Å². The Morgan fingerprint density at radius 2 is 1.60 bits per heavy atom. The van der Waals surface area contributed by atoms with Gasteiger partial charge in [0, 0.05) is 6.42 Å². The predicted molar refractivity (Wildman–Crippen MR) is 16.5 cm³/mol. The van der Waals surface area contributed by atoms with Gasteiger partial charge >= 0.3 is 0 Å². The molecule has 0 aromatic carbocycles. The minimum atomic E-state index is 0.778. The molecule has 0 saturated carbocycles. The highest BCUT2D eigenvalue weighted by Gasteiger charge is 1.95. The maximum atomic E-state index is 4.44. The van der Waals surface area contributed by atoms with Crippen LogP contribution < -0.4 is 0 Å². The molecule has 0 aromatic rings. The molecule has 0 atom stereocenters. The van der Waals surface area contributed by atoms with Crippen molar-refractivity contribution in [1.29, 1.82) is 0 Å². The molecule has 1 aliphatic heterocycles. The summed E-state index contributed by atoms with van der Waals surface area (Å²) in [5.41, 5.74) is 0. The number of rotatable bonds is 0. The quantitative estimate of drug-likeness (QED) is 0.386. The molecule has 0 spiro atoms. The van der Waals surface area contributed by atoms with Crippen molar-refractivity contribution in [3.63, 3.8) is 0 Å². The minimum Gasteiger partial charge on any atom is -0.237 e. The molecule has 1 heterocycles. The summed E-state index contributed by atoms with van der Waals surface area (Å²) in [4.78, 5) is 8.89. The second-order valence-electron chi connectivity index (χ2n) is 0.998. The summed E-state index contributed by atoms with van der Waals surface area (Å²) >= 11 is 0. The zero-order chi connectivity index (χ0) is 3.54. The number of hydrogen-bond donors (Lipinski definition) is 0. The molecular formula is C3H6O2. The highest BCUT2D eigenvalue weighted by Crippen LogP contribution is 1.93. The van der Waals surface area contributed by atoms with Crippen LogP contribution in [0.1, 0.15) is 6.42 Å². The summed E-state index contributed by atoms with van der Waals surface area (Å²) in [6, 6.07) is 0. The van der Waals surface area contributed by atoms with Crippen molar-refractivity contribution < 1.29 is 9.78 Å². The van der Waals surface area contributed by atoms with Gasteiger partial charge in [0.15, 0.2) is 0 Å². The molecule has 0 aromatic heterocycles. The van der Waals surface area contributed by atoms with Gasteiger partial charge in [0.25, 0.3) is 0 Å². The zero-order valence-electron chi connectivity index (χ0n) is 2.94. The first-order valence-electron chi connectivity index (χ1n) is 1.74. The maximum Gasteiger partial charge on any atom is 0.0845 e. The molecule has 0 bridgehead atoms. The van der Waals surface area contributed by atoms with E-state index in [1.54, 1.807) is 0 Å². The summed E-state index contributed by atoms with van der Waals surface area (Å²) in [5, 5.41) is 0. The molecular weight excluding hydrogens is 68.0 g/mol. The molecule has 1 aliphatic rings. The first-order valence-corrected chi connectivity index (χ1v) is 1.74. The van der Waals surface area contributed by atoms with E-state index in [1.807, 2.05) is 0 Å². The summed E-state index contributed by atoms with van der Waals surface area (Å²) in [6.07, 6.45) is 1.06. The largest absolute Gasteiger partial charge is 0.237 e. The zero-order valence-corrected chi connectivity index (χ0v) is 2.94. The van der Waals surface area contributed by atoms with Gasteiger partial charge in [-0.2, -0.15) is 0 Å². The van der Waals surface area contributed by atoms with E-state index in [0.29, 0.717) is 0 Å². The molecule has 2 heteroatoms. The van der Waals surface area contributed by atoms with Crippen molar-refractivity contribution in [2.24, 2.45) is 0 Å². The Balaban J connectivity index is 2.08. The molecule has 0 radical (unpaired) electrons. The van der Waals surface area contributed by atoms with Crippen LogP contribution in [0.2, 0.25) is 0 Å². The molecule has 2 nitrogen and oxygen atoms in total. The summed E-state index contributed by atoms with van der Waals surface area (Å²) in [5.74, 6) is 0. The Hall–Kier alpha value is -0.0800. The lowest BCUT2D eigenvalue weighted by Gasteiger charge is -1.77. The Kier molecular flexibility index (Phi) is 0.862. The van der Waals surface area contributed by atoms with Crippen LogP contribution in [0.4, 0.5) is 0 Å². The van der Waals surface area contributed by atoms with Crippen molar-refractivity contribution in [2.45, 2.75) is 6.42 Å². The van der Waals surface area contributed by atoms with E-state index in [9.17, 15) is 0 Å². The molecule has 1 rings (SSSR count). The van der Waals surface area contributed by atoms with E-state index >= 15 is 0 Å². The fourth-order valence-corrected chi connectivity index (χ4v) is 0.295. The third-order valence-corrected chi connectivity index (χ3v) is 0.539. The van der Waals surface area contributed by atoms with Crippen LogP contribution >= 0.6 is 0 Å². The first kappa shape index (κ1) is 3.12. The van der Waals surface area contributed by atoms with Gasteiger partial charge in [-0.1, -0.05) is 0 Å². The van der Waals surface area contributed by atoms with Gasteiger partial charge < -0.3 is 0 Å². The maximum absolute atomic E-state index is 4.44. The predicted octanol–water partition coefficient (Wildman–Crippen LogP) is 0.338. The molecule has 1 saturated heterocycles. The topological polar surface area (TPSA) is 18.5 Å². The Bertz CT molecular complexity index is 16.5. The smallest absolute Gasteiger partial charge is 0.0845 e. The van der Waals surface area contributed by atoms with E-state index in [4.69, 9.17) is 0 Å². The van der Waals surface area contributed by atoms with Crippen molar-refractivity contribution in [2.75, 3.05) is 13.2 Å². The molecule has 0 aliphatic carbocycles. The highest BCUT2D eigenvalue weighted by atomic mass is 17.2. The molecule has 1 fully saturated rings. The fourth-order valence-electron chi connectivity index (χ4n) is 0.295. The van der Waals surface area contributed by atoms with Gasteiger partial charge in [0.05, 0.1) is 13.2 Å². The van der Waals surface area contributed by atoms with Crippen molar-refractivity contribution in [3.05, 3.63) is 0 Å². The summed E-state index contributed by atoms with van der Waals surface area (Å²) < 4.78 is 0. The van der Waals surface area contributed by atoms with Gasteiger partial charge in [-0.15, -0.1) is 0 Å². The van der Waals surface area contributed by atoms with Crippen LogP contribution in [0.3, 0.4) is 0 Å². The lowest BCUT2D eigenvalue weighted by Crippen LogP contribution is -1.72. The standard InChI is InChI=1S/C3H6O2/c1-2-4-5-3-1/h1-3H2. The first-order chi connectivity index (χ1) is 2.50. The second kappa shape index (κ2) is 1.38. The third kappa shape index (κ3) is 0.597. The third-order valence-electron chi connectivity index (χ3n) is 0.539. The second-order valence-corrected chi connectivity index (χ2v) is 0.998. The van der Waals surface area contributed by atoms with Crippen LogP contribution in [-0.2, 0) is 9.78 Å². The van der Waals surface area contributed by atoms with E-state index in [0.717, 1.165) is 19.6 Å². The lowest BCUT2D eigenvalue weighted by molar-refractivity contribution is -0.248. The average Bonchev–Trinajstić information content (AvgIpc) is 1.76. The van der Waals surface area contributed by atoms with Crippen molar-refractivity contribution in [1.82, 2.24) is 0 Å². The summed E-state index contributed by atoms with van der Waals surface area (Å²) in [6.45, 7) is 1.56. The van der Waals surface area contributed by atoms with Crippen molar-refractivity contribution >= 4 is 0 Å². The summed E-state index contributed by atoms with van der Waals surface area (Å²) in [7, 11) is 0. The lowest BCUT2D eigenvalue weighted by atomic mass is 10.5. The van der Waals surface area contributed by atoms with Crippen molar-refractivity contribution in [3.8, 4) is 0 Å². The monoisotopic (exact) mass is 74.0 g/mol. The Labute approximate surface area is 30.6 Å². The van der Waals surface area contributed by atoms with Crippen LogP contribution in [-0.4, -0.2) is 13.2 Å². The fraction of sp³-hybridized carbons (Fsp3) is 1.00. The average molecular weight is 74.1 g/mol. The van der Waals surface area contributed by atoms with Crippen LogP contribution in [0, 0.1) is 0 Å². The molecule has 0 N–H and O–H groups in total. The molecule has 30 valence electrons. The highest BCUT2D eigenvalue weighted by molar-refractivity contribution is 4.31. The van der Waals surface area contributed by atoms with Crippen LogP contribution in [0.5, 0.6) is 0 Å². The normalized spacial score (nSPS) is 24.0. The Morgan fingerprint density at radius 1 is 1.00 bits per heavy atom. The molecule has 0 unspecified atom stereocenters. The van der Waals surface area contributed by atoms with Crippen LogP contribution in [0.25, 0.3) is 0 Å². The molecule has 5 heavy (non-hydrogen) atoms. The van der Waals surface area contributed by atoms with Gasteiger partial charge in [-0.05, 0) is 0 Å². The van der Waals surface area contributed by atoms with E-state index < -0.39 is 0 Å². The minimum absolute atomic E-state index is 0.778. The Morgan fingerprint density at radius 3 is 1.80 bits per heavy atom. The van der Waals surface area contributed by atoms with E-state index in [-0.39, 0.29) is 0 Å². The van der Waals surface area contributed by atoms with Gasteiger partial charge in [-0.3, -0.25) is 0 Å². The molecule has 0 amide bonds. The SMILES string of the molecule is C1COOC1. The number of hydrogen-bond acceptors (Lipinski definition) is 2. The van der Waals surface area contributed by atoms with Crippen LogP contribution in [0.15, 0.2) is 0 Å².